The minimum Gasteiger partial charge on any atom is -0.508 e. The largest absolute Gasteiger partial charge is 0.508 e. The van der Waals surface area contributed by atoms with Crippen LogP contribution < -0.4 is 14.0 Å². The Balaban J connectivity index is 2.37. The first-order chi connectivity index (χ1) is 9.85. The molecular weight excluding hydrogens is 270 g/mol. The van der Waals surface area contributed by atoms with Gasteiger partial charge in [-0.2, -0.15) is 4.57 Å². The topological polar surface area (TPSA) is 62.8 Å². The SMILES string of the molecule is COc1c2c([n+](C)c3ccc(O)cc13)OC(C)(C)C(O)C2. The summed E-state index contributed by atoms with van der Waals surface area (Å²) >= 11 is 0. The van der Waals surface area contributed by atoms with Gasteiger partial charge in [-0.1, -0.05) is 0 Å². The Labute approximate surface area is 123 Å². The number of aliphatic hydroxyl groups excluding tert-OH is 1. The van der Waals surface area contributed by atoms with Crippen LogP contribution in [0, 0.1) is 0 Å². The van der Waals surface area contributed by atoms with E-state index >= 15 is 0 Å². The normalized spacial score (nSPS) is 20.0. The molecule has 3 rings (SSSR count). The maximum atomic E-state index is 10.3. The Hall–Kier alpha value is -2.01. The lowest BCUT2D eigenvalue weighted by molar-refractivity contribution is -0.654. The number of methoxy groups -OCH3 is 1. The lowest BCUT2D eigenvalue weighted by Crippen LogP contribution is -2.50. The van der Waals surface area contributed by atoms with Crippen molar-refractivity contribution in [1.82, 2.24) is 0 Å². The fourth-order valence-corrected chi connectivity index (χ4v) is 2.87. The standard InChI is InChI=1S/C16H19NO4/c1-16(2)13(19)8-11-14(20-4)10-7-9(18)5-6-12(10)17(3)15(11)21-16/h5-7,13,19H,8H2,1-4H3/p+1. The number of pyridine rings is 1. The molecule has 1 unspecified atom stereocenters. The van der Waals surface area contributed by atoms with Crippen LogP contribution in [0.3, 0.4) is 0 Å². The first kappa shape index (κ1) is 13.9. The van der Waals surface area contributed by atoms with Crippen molar-refractivity contribution in [3.05, 3.63) is 23.8 Å². The molecule has 1 aromatic heterocycles. The van der Waals surface area contributed by atoms with E-state index in [4.69, 9.17) is 9.47 Å². The zero-order chi connectivity index (χ0) is 15.4. The first-order valence-electron chi connectivity index (χ1n) is 6.94. The number of rotatable bonds is 1. The Bertz CT molecular complexity index is 724. The van der Waals surface area contributed by atoms with Gasteiger partial charge in [0.2, 0.25) is 5.52 Å². The highest BCUT2D eigenvalue weighted by Crippen LogP contribution is 2.40. The van der Waals surface area contributed by atoms with Gasteiger partial charge in [0.15, 0.2) is 0 Å². The minimum atomic E-state index is -0.652. The molecule has 0 fully saturated rings. The fraction of sp³-hybridized carbons (Fsp3) is 0.438. The summed E-state index contributed by atoms with van der Waals surface area (Å²) < 4.78 is 13.5. The van der Waals surface area contributed by atoms with E-state index in [1.54, 1.807) is 19.2 Å². The van der Waals surface area contributed by atoms with Crippen molar-refractivity contribution in [2.75, 3.05) is 7.11 Å². The second-order valence-corrected chi connectivity index (χ2v) is 6.00. The highest BCUT2D eigenvalue weighted by atomic mass is 16.5. The average molecular weight is 290 g/mol. The minimum absolute atomic E-state index is 0.179. The van der Waals surface area contributed by atoms with Crippen molar-refractivity contribution in [1.29, 1.82) is 0 Å². The summed E-state index contributed by atoms with van der Waals surface area (Å²) in [4.78, 5) is 0. The Kier molecular flexibility index (Phi) is 2.99. The predicted octanol–water partition coefficient (Wildman–Crippen LogP) is 1.45. The van der Waals surface area contributed by atoms with E-state index in [0.717, 1.165) is 16.5 Å². The number of aliphatic hydroxyl groups is 1. The maximum Gasteiger partial charge on any atom is 0.375 e. The third-order valence-corrected chi connectivity index (χ3v) is 4.19. The van der Waals surface area contributed by atoms with Crippen molar-refractivity contribution in [3.63, 3.8) is 0 Å². The van der Waals surface area contributed by atoms with Gasteiger partial charge in [0.05, 0.1) is 18.6 Å². The van der Waals surface area contributed by atoms with Crippen LogP contribution in [0.2, 0.25) is 0 Å². The summed E-state index contributed by atoms with van der Waals surface area (Å²) in [6.45, 7) is 3.74. The molecule has 1 aromatic carbocycles. The van der Waals surface area contributed by atoms with Gasteiger partial charge in [0.1, 0.15) is 29.7 Å². The summed E-state index contributed by atoms with van der Waals surface area (Å²) in [5.41, 5.74) is 1.07. The summed E-state index contributed by atoms with van der Waals surface area (Å²) in [7, 11) is 3.50. The number of hydrogen-bond donors (Lipinski definition) is 2. The van der Waals surface area contributed by atoms with Gasteiger partial charge in [0, 0.05) is 12.5 Å². The molecular formula is C16H20NO4+. The van der Waals surface area contributed by atoms with Gasteiger partial charge in [0.25, 0.3) is 0 Å². The Morgan fingerprint density at radius 3 is 2.76 bits per heavy atom. The highest BCUT2D eigenvalue weighted by Gasteiger charge is 2.42. The number of hydrogen-bond acceptors (Lipinski definition) is 4. The number of fused-ring (bicyclic) bond motifs is 2. The zero-order valence-electron chi connectivity index (χ0n) is 12.7. The Morgan fingerprint density at radius 1 is 1.38 bits per heavy atom. The number of benzene rings is 1. The molecule has 1 aliphatic heterocycles. The molecule has 1 aliphatic rings. The summed E-state index contributed by atoms with van der Waals surface area (Å²) in [6, 6.07) is 5.13. The van der Waals surface area contributed by atoms with E-state index in [1.165, 1.54) is 0 Å². The molecule has 0 bridgehead atoms. The third-order valence-electron chi connectivity index (χ3n) is 4.19. The quantitative estimate of drug-likeness (QED) is 0.780. The van der Waals surface area contributed by atoms with Crippen molar-refractivity contribution in [3.8, 4) is 17.4 Å². The van der Waals surface area contributed by atoms with E-state index < -0.39 is 11.7 Å². The number of aromatic nitrogens is 1. The van der Waals surface area contributed by atoms with Gasteiger partial charge in [-0.3, -0.25) is 0 Å². The molecule has 2 N–H and O–H groups in total. The van der Waals surface area contributed by atoms with Crippen molar-refractivity contribution in [2.24, 2.45) is 7.05 Å². The van der Waals surface area contributed by atoms with Crippen LogP contribution in [0.25, 0.3) is 10.9 Å². The predicted molar refractivity (Wildman–Crippen MR) is 77.8 cm³/mol. The van der Waals surface area contributed by atoms with Gasteiger partial charge in [-0.15, -0.1) is 0 Å². The molecule has 0 saturated heterocycles. The average Bonchev–Trinajstić information content (AvgIpc) is 2.42. The van der Waals surface area contributed by atoms with E-state index in [1.807, 2.05) is 31.5 Å². The molecule has 0 aliphatic carbocycles. The van der Waals surface area contributed by atoms with Gasteiger partial charge < -0.3 is 19.7 Å². The van der Waals surface area contributed by atoms with Crippen LogP contribution in [-0.2, 0) is 13.5 Å². The molecule has 0 saturated carbocycles. The fourth-order valence-electron chi connectivity index (χ4n) is 2.87. The molecule has 0 amide bonds. The van der Waals surface area contributed by atoms with Crippen LogP contribution in [-0.4, -0.2) is 29.0 Å². The van der Waals surface area contributed by atoms with E-state index in [0.29, 0.717) is 18.1 Å². The molecule has 1 atom stereocenters. The molecule has 5 nitrogen and oxygen atoms in total. The number of aromatic hydroxyl groups is 1. The van der Waals surface area contributed by atoms with Gasteiger partial charge >= 0.3 is 5.88 Å². The summed E-state index contributed by atoms with van der Waals surface area (Å²) in [5, 5.41) is 20.8. The summed E-state index contributed by atoms with van der Waals surface area (Å²) in [5.74, 6) is 1.52. The number of phenols is 1. The molecule has 2 aromatic rings. The van der Waals surface area contributed by atoms with Crippen molar-refractivity contribution < 1.29 is 24.3 Å². The molecule has 5 heteroatoms. The first-order valence-corrected chi connectivity index (χ1v) is 6.94. The van der Waals surface area contributed by atoms with E-state index in [2.05, 4.69) is 0 Å². The van der Waals surface area contributed by atoms with Gasteiger partial charge in [-0.05, 0) is 26.0 Å². The van der Waals surface area contributed by atoms with Crippen molar-refractivity contribution >= 4 is 10.9 Å². The van der Waals surface area contributed by atoms with Crippen LogP contribution in [0.5, 0.6) is 17.4 Å². The van der Waals surface area contributed by atoms with Crippen LogP contribution in [0.15, 0.2) is 18.2 Å². The second kappa shape index (κ2) is 4.49. The lowest BCUT2D eigenvalue weighted by atomic mass is 9.91. The van der Waals surface area contributed by atoms with Gasteiger partial charge in [-0.25, -0.2) is 0 Å². The maximum absolute atomic E-state index is 10.3. The molecule has 21 heavy (non-hydrogen) atoms. The van der Waals surface area contributed by atoms with E-state index in [-0.39, 0.29) is 5.75 Å². The van der Waals surface area contributed by atoms with Crippen molar-refractivity contribution in [2.45, 2.75) is 32.0 Å². The third kappa shape index (κ3) is 2.00. The molecule has 112 valence electrons. The van der Waals surface area contributed by atoms with Crippen LogP contribution in [0.1, 0.15) is 19.4 Å². The van der Waals surface area contributed by atoms with Crippen LogP contribution in [0.4, 0.5) is 0 Å². The number of phenolic OH excluding ortho intramolecular Hbond substituents is 1. The molecule has 0 radical (unpaired) electrons. The second-order valence-electron chi connectivity index (χ2n) is 6.00. The Morgan fingerprint density at radius 2 is 2.10 bits per heavy atom. The molecule has 2 heterocycles. The zero-order valence-corrected chi connectivity index (χ0v) is 12.7. The number of nitrogens with zero attached hydrogens (tertiary/aromatic N) is 1. The van der Waals surface area contributed by atoms with Crippen LogP contribution >= 0.6 is 0 Å². The van der Waals surface area contributed by atoms with E-state index in [9.17, 15) is 10.2 Å². The summed E-state index contributed by atoms with van der Waals surface area (Å²) in [6.07, 6.45) is -0.168. The number of aryl methyl sites for hydroxylation is 1. The molecule has 0 spiro atoms. The smallest absolute Gasteiger partial charge is 0.375 e. The highest BCUT2D eigenvalue weighted by molar-refractivity contribution is 5.86. The lowest BCUT2D eigenvalue weighted by Gasteiger charge is -2.35. The number of ether oxygens (including phenoxy) is 2. The monoisotopic (exact) mass is 290 g/mol.